The van der Waals surface area contributed by atoms with Gasteiger partial charge >= 0.3 is 0 Å². The summed E-state index contributed by atoms with van der Waals surface area (Å²) in [7, 11) is 0. The molecule has 0 aliphatic heterocycles. The summed E-state index contributed by atoms with van der Waals surface area (Å²) < 4.78 is 0. The SMILES string of the molecule is CCCC=C(CCC)C(CC)CCC. The van der Waals surface area contributed by atoms with Crippen LogP contribution in [-0.4, -0.2) is 0 Å². The molecule has 0 aliphatic carbocycles. The van der Waals surface area contributed by atoms with Crippen molar-refractivity contribution in [3.8, 4) is 0 Å². The monoisotopic (exact) mass is 196 g/mol. The van der Waals surface area contributed by atoms with Gasteiger partial charge in [-0.15, -0.1) is 0 Å². The van der Waals surface area contributed by atoms with Crippen molar-refractivity contribution in [2.24, 2.45) is 5.92 Å². The van der Waals surface area contributed by atoms with E-state index in [0.29, 0.717) is 0 Å². The van der Waals surface area contributed by atoms with Crippen LogP contribution in [-0.2, 0) is 0 Å². The highest BCUT2D eigenvalue weighted by atomic mass is 14.1. The van der Waals surface area contributed by atoms with Gasteiger partial charge in [-0.25, -0.2) is 0 Å². The van der Waals surface area contributed by atoms with E-state index in [4.69, 9.17) is 0 Å². The van der Waals surface area contributed by atoms with Gasteiger partial charge in [0.15, 0.2) is 0 Å². The molecular formula is C14H28. The van der Waals surface area contributed by atoms with Crippen LogP contribution in [0, 0.1) is 5.92 Å². The van der Waals surface area contributed by atoms with Crippen LogP contribution in [0.2, 0.25) is 0 Å². The molecule has 0 rings (SSSR count). The first-order valence-corrected chi connectivity index (χ1v) is 6.48. The minimum Gasteiger partial charge on any atom is -0.0851 e. The van der Waals surface area contributed by atoms with Crippen molar-refractivity contribution in [3.05, 3.63) is 11.6 Å². The maximum Gasteiger partial charge on any atom is -0.0206 e. The molecule has 0 aromatic carbocycles. The molecule has 0 aliphatic rings. The Bertz CT molecular complexity index is 144. The van der Waals surface area contributed by atoms with Gasteiger partial charge in [-0.2, -0.15) is 0 Å². The number of hydrogen-bond donors (Lipinski definition) is 0. The van der Waals surface area contributed by atoms with Gasteiger partial charge < -0.3 is 0 Å². The van der Waals surface area contributed by atoms with Crippen LogP contribution in [0.25, 0.3) is 0 Å². The number of unbranched alkanes of at least 4 members (excludes halogenated alkanes) is 1. The van der Waals surface area contributed by atoms with E-state index >= 15 is 0 Å². The van der Waals surface area contributed by atoms with Crippen molar-refractivity contribution in [2.45, 2.75) is 72.6 Å². The van der Waals surface area contributed by atoms with Crippen LogP contribution in [0.5, 0.6) is 0 Å². The van der Waals surface area contributed by atoms with Crippen LogP contribution in [0.4, 0.5) is 0 Å². The normalized spacial score (nSPS) is 14.4. The average molecular weight is 196 g/mol. The first-order chi connectivity index (χ1) is 6.79. The highest BCUT2D eigenvalue weighted by molar-refractivity contribution is 5.06. The molecule has 0 saturated heterocycles. The molecule has 14 heavy (non-hydrogen) atoms. The fraction of sp³-hybridized carbons (Fsp3) is 0.857. The van der Waals surface area contributed by atoms with Gasteiger partial charge in [0.1, 0.15) is 0 Å². The Morgan fingerprint density at radius 1 is 1.00 bits per heavy atom. The summed E-state index contributed by atoms with van der Waals surface area (Å²) in [4.78, 5) is 0. The lowest BCUT2D eigenvalue weighted by Crippen LogP contribution is -2.03. The lowest BCUT2D eigenvalue weighted by molar-refractivity contribution is 0.512. The van der Waals surface area contributed by atoms with Crippen LogP contribution in [0.3, 0.4) is 0 Å². The van der Waals surface area contributed by atoms with Gasteiger partial charge in [0.05, 0.1) is 0 Å². The lowest BCUT2D eigenvalue weighted by Gasteiger charge is -2.18. The molecule has 0 saturated carbocycles. The maximum absolute atomic E-state index is 2.51. The predicted octanol–water partition coefficient (Wildman–Crippen LogP) is 5.34. The van der Waals surface area contributed by atoms with E-state index in [1.54, 1.807) is 5.57 Å². The third-order valence-corrected chi connectivity index (χ3v) is 2.89. The molecule has 0 heteroatoms. The van der Waals surface area contributed by atoms with E-state index < -0.39 is 0 Å². The summed E-state index contributed by atoms with van der Waals surface area (Å²) >= 11 is 0. The molecule has 1 unspecified atom stereocenters. The zero-order chi connectivity index (χ0) is 10.8. The Morgan fingerprint density at radius 3 is 2.14 bits per heavy atom. The van der Waals surface area contributed by atoms with Crippen LogP contribution in [0.1, 0.15) is 72.6 Å². The fourth-order valence-corrected chi connectivity index (χ4v) is 2.09. The van der Waals surface area contributed by atoms with Crippen LogP contribution < -0.4 is 0 Å². The van der Waals surface area contributed by atoms with Crippen molar-refractivity contribution in [3.63, 3.8) is 0 Å². The topological polar surface area (TPSA) is 0 Å². The van der Waals surface area contributed by atoms with Gasteiger partial charge in [0, 0.05) is 0 Å². The predicted molar refractivity (Wildman–Crippen MR) is 66.6 cm³/mol. The van der Waals surface area contributed by atoms with E-state index in [9.17, 15) is 0 Å². The van der Waals surface area contributed by atoms with Gasteiger partial charge in [-0.1, -0.05) is 58.6 Å². The average Bonchev–Trinajstić information content (AvgIpc) is 2.21. The zero-order valence-electron chi connectivity index (χ0n) is 10.6. The van der Waals surface area contributed by atoms with Crippen molar-refractivity contribution in [1.29, 1.82) is 0 Å². The second kappa shape index (κ2) is 9.30. The summed E-state index contributed by atoms with van der Waals surface area (Å²) in [5, 5.41) is 0. The standard InChI is InChI=1S/C14H28/c1-5-9-12-14(11-7-3)13(8-4)10-6-2/h12-13H,5-11H2,1-4H3. The molecule has 0 aromatic heterocycles. The first kappa shape index (κ1) is 13.7. The number of allylic oxidation sites excluding steroid dienone is 2. The molecular weight excluding hydrogens is 168 g/mol. The number of rotatable bonds is 8. The minimum atomic E-state index is 0.867. The molecule has 0 aromatic rings. The van der Waals surface area contributed by atoms with E-state index in [-0.39, 0.29) is 0 Å². The molecule has 1 atom stereocenters. The second-order valence-electron chi connectivity index (χ2n) is 4.21. The van der Waals surface area contributed by atoms with Gasteiger partial charge in [-0.05, 0) is 31.6 Å². The lowest BCUT2D eigenvalue weighted by atomic mass is 9.88. The van der Waals surface area contributed by atoms with E-state index in [2.05, 4.69) is 33.8 Å². The van der Waals surface area contributed by atoms with Crippen LogP contribution in [0.15, 0.2) is 11.6 Å². The molecule has 0 fully saturated rings. The van der Waals surface area contributed by atoms with Crippen molar-refractivity contribution in [1.82, 2.24) is 0 Å². The molecule has 0 amide bonds. The Morgan fingerprint density at radius 2 is 1.71 bits per heavy atom. The van der Waals surface area contributed by atoms with Crippen LogP contribution >= 0.6 is 0 Å². The molecule has 0 heterocycles. The molecule has 0 nitrogen and oxygen atoms in total. The Balaban J connectivity index is 4.26. The van der Waals surface area contributed by atoms with Crippen molar-refractivity contribution in [2.75, 3.05) is 0 Å². The molecule has 0 N–H and O–H groups in total. The smallest absolute Gasteiger partial charge is 0.0206 e. The zero-order valence-corrected chi connectivity index (χ0v) is 10.6. The van der Waals surface area contributed by atoms with E-state index in [0.717, 1.165) is 5.92 Å². The molecule has 0 radical (unpaired) electrons. The van der Waals surface area contributed by atoms with Crippen molar-refractivity contribution < 1.29 is 0 Å². The summed E-state index contributed by atoms with van der Waals surface area (Å²) in [5.74, 6) is 0.867. The minimum absolute atomic E-state index is 0.867. The summed E-state index contributed by atoms with van der Waals surface area (Å²) in [6, 6.07) is 0. The van der Waals surface area contributed by atoms with E-state index in [1.807, 2.05) is 0 Å². The highest BCUT2D eigenvalue weighted by Crippen LogP contribution is 2.25. The highest BCUT2D eigenvalue weighted by Gasteiger charge is 2.09. The molecule has 0 bridgehead atoms. The fourth-order valence-electron chi connectivity index (χ4n) is 2.09. The summed E-state index contributed by atoms with van der Waals surface area (Å²) in [6.45, 7) is 9.18. The Labute approximate surface area is 90.8 Å². The third kappa shape index (κ3) is 5.47. The molecule has 84 valence electrons. The quantitative estimate of drug-likeness (QED) is 0.460. The van der Waals surface area contributed by atoms with Crippen molar-refractivity contribution >= 4 is 0 Å². The van der Waals surface area contributed by atoms with Gasteiger partial charge in [0.25, 0.3) is 0 Å². The maximum atomic E-state index is 2.51. The Hall–Kier alpha value is -0.260. The van der Waals surface area contributed by atoms with Gasteiger partial charge in [0.2, 0.25) is 0 Å². The summed E-state index contributed by atoms with van der Waals surface area (Å²) in [6.07, 6.45) is 11.7. The number of hydrogen-bond acceptors (Lipinski definition) is 0. The Kier molecular flexibility index (Phi) is 9.13. The second-order valence-corrected chi connectivity index (χ2v) is 4.21. The van der Waals surface area contributed by atoms with Gasteiger partial charge in [-0.3, -0.25) is 0 Å². The first-order valence-electron chi connectivity index (χ1n) is 6.48. The largest absolute Gasteiger partial charge is 0.0851 e. The third-order valence-electron chi connectivity index (χ3n) is 2.89. The van der Waals surface area contributed by atoms with E-state index in [1.165, 1.54) is 44.9 Å². The summed E-state index contributed by atoms with van der Waals surface area (Å²) in [5.41, 5.74) is 1.73. The molecule has 0 spiro atoms.